The molecule has 2 aromatic rings. The zero-order valence-electron chi connectivity index (χ0n) is 15.4. The Morgan fingerprint density at radius 2 is 1.79 bits per heavy atom. The molecule has 152 valence electrons. The highest BCUT2D eigenvalue weighted by molar-refractivity contribution is 6.42. The second kappa shape index (κ2) is 7.48. The number of aromatic nitrogens is 1. The van der Waals surface area contributed by atoms with Gasteiger partial charge < -0.3 is 20.5 Å². The normalized spacial score (nSPS) is 24.1. The number of nitrogens with one attached hydrogen (secondary N) is 2. The summed E-state index contributed by atoms with van der Waals surface area (Å²) in [7, 11) is 0. The monoisotopic (exact) mass is 435 g/mol. The number of carbonyl (C=O) groups excluding carboxylic acids is 2. The maximum Gasteiger partial charge on any atom is 0.258 e. The van der Waals surface area contributed by atoms with Crippen LogP contribution in [0.1, 0.15) is 35.3 Å². The van der Waals surface area contributed by atoms with Gasteiger partial charge in [-0.05, 0) is 43.5 Å². The number of pyridine rings is 1. The van der Waals surface area contributed by atoms with Crippen molar-refractivity contribution < 1.29 is 19.4 Å². The van der Waals surface area contributed by atoms with Crippen LogP contribution in [0.3, 0.4) is 0 Å². The van der Waals surface area contributed by atoms with Gasteiger partial charge in [0.2, 0.25) is 0 Å². The molecule has 7 nitrogen and oxygen atoms in total. The summed E-state index contributed by atoms with van der Waals surface area (Å²) >= 11 is 11.8. The average molecular weight is 436 g/mol. The fourth-order valence-electron chi connectivity index (χ4n) is 4.12. The molecule has 0 aliphatic heterocycles. The van der Waals surface area contributed by atoms with E-state index in [0.717, 1.165) is 0 Å². The lowest BCUT2D eigenvalue weighted by molar-refractivity contribution is -0.141. The molecule has 29 heavy (non-hydrogen) atoms. The van der Waals surface area contributed by atoms with Crippen molar-refractivity contribution in [3.63, 3.8) is 0 Å². The van der Waals surface area contributed by atoms with Gasteiger partial charge in [0.15, 0.2) is 6.61 Å². The number of benzene rings is 1. The smallest absolute Gasteiger partial charge is 0.258 e. The van der Waals surface area contributed by atoms with Crippen LogP contribution in [0.2, 0.25) is 10.0 Å². The van der Waals surface area contributed by atoms with Crippen LogP contribution in [0.25, 0.3) is 0 Å². The van der Waals surface area contributed by atoms with Crippen LogP contribution in [0.4, 0.5) is 0 Å². The summed E-state index contributed by atoms with van der Waals surface area (Å²) in [6.45, 7) is -0.342. The van der Waals surface area contributed by atoms with Crippen molar-refractivity contribution >= 4 is 35.0 Å². The summed E-state index contributed by atoms with van der Waals surface area (Å²) in [6, 6.07) is 7.99. The lowest BCUT2D eigenvalue weighted by Crippen LogP contribution is -2.84. The van der Waals surface area contributed by atoms with Gasteiger partial charge in [0, 0.05) is 28.9 Å². The number of aliphatic hydroxyl groups excluding tert-OH is 1. The maximum absolute atomic E-state index is 12.4. The Bertz CT molecular complexity index is 962. The minimum Gasteiger partial charge on any atom is -0.484 e. The molecule has 0 unspecified atom stereocenters. The molecule has 3 aliphatic rings. The van der Waals surface area contributed by atoms with E-state index in [9.17, 15) is 9.59 Å². The lowest BCUT2D eigenvalue weighted by atomic mass is 9.44. The molecule has 5 rings (SSSR count). The van der Waals surface area contributed by atoms with Gasteiger partial charge in [-0.3, -0.25) is 14.6 Å². The van der Waals surface area contributed by atoms with Crippen molar-refractivity contribution in [1.82, 2.24) is 15.6 Å². The standard InChI is InChI=1S/C20H19Cl2N3O4/c21-15-2-1-14(6-16(15)22)29-8-17(27)24-19-9-20(10-19,11-19)25-18(28)12-3-4-23-13(5-12)7-26/h1-6,26H,7-11H2,(H,24,27)(H,25,28). The van der Waals surface area contributed by atoms with Gasteiger partial charge in [0.1, 0.15) is 5.75 Å². The summed E-state index contributed by atoms with van der Waals surface area (Å²) in [5, 5.41) is 16.0. The number of rotatable bonds is 7. The highest BCUT2D eigenvalue weighted by Gasteiger charge is 2.69. The van der Waals surface area contributed by atoms with Gasteiger partial charge in [0.25, 0.3) is 11.8 Å². The van der Waals surface area contributed by atoms with Gasteiger partial charge >= 0.3 is 0 Å². The van der Waals surface area contributed by atoms with E-state index >= 15 is 0 Å². The summed E-state index contributed by atoms with van der Waals surface area (Å²) < 4.78 is 5.45. The van der Waals surface area contributed by atoms with Gasteiger partial charge in [0.05, 0.1) is 22.3 Å². The number of nitrogens with zero attached hydrogens (tertiary/aromatic N) is 1. The number of aliphatic hydroxyl groups is 1. The number of carbonyl (C=O) groups is 2. The highest BCUT2D eigenvalue weighted by Crippen LogP contribution is 2.60. The zero-order valence-corrected chi connectivity index (χ0v) is 16.9. The van der Waals surface area contributed by atoms with Gasteiger partial charge in [-0.25, -0.2) is 0 Å². The van der Waals surface area contributed by atoms with Crippen LogP contribution in [0, 0.1) is 0 Å². The van der Waals surface area contributed by atoms with Crippen molar-refractivity contribution in [1.29, 1.82) is 0 Å². The Labute approximate surface area is 177 Å². The van der Waals surface area contributed by atoms with Gasteiger partial charge in [-0.2, -0.15) is 0 Å². The minimum atomic E-state index is -0.280. The molecule has 0 saturated heterocycles. The number of hydrogen-bond acceptors (Lipinski definition) is 5. The van der Waals surface area contributed by atoms with E-state index in [1.165, 1.54) is 6.20 Å². The number of ether oxygens (including phenoxy) is 1. The molecule has 2 amide bonds. The third-order valence-corrected chi connectivity index (χ3v) is 6.05. The Morgan fingerprint density at radius 1 is 1.07 bits per heavy atom. The van der Waals surface area contributed by atoms with Crippen LogP contribution in [0.5, 0.6) is 5.75 Å². The quantitative estimate of drug-likeness (QED) is 0.619. The van der Waals surface area contributed by atoms with E-state index in [2.05, 4.69) is 15.6 Å². The Kier molecular flexibility index (Phi) is 5.14. The average Bonchev–Trinajstić information content (AvgIpc) is 2.66. The highest BCUT2D eigenvalue weighted by atomic mass is 35.5. The molecular formula is C20H19Cl2N3O4. The number of halogens is 2. The number of amides is 2. The first-order chi connectivity index (χ1) is 13.8. The van der Waals surface area contributed by atoms with Crippen LogP contribution < -0.4 is 15.4 Å². The van der Waals surface area contributed by atoms with E-state index in [1.807, 2.05) is 0 Å². The fraction of sp³-hybridized carbons (Fsp3) is 0.350. The van der Waals surface area contributed by atoms with Crippen molar-refractivity contribution in [3.05, 3.63) is 57.8 Å². The summed E-state index contributed by atoms with van der Waals surface area (Å²) in [6.07, 6.45) is 3.55. The second-order valence-electron chi connectivity index (χ2n) is 7.65. The Hall–Kier alpha value is -2.35. The third kappa shape index (κ3) is 4.03. The lowest BCUT2D eigenvalue weighted by Gasteiger charge is -2.70. The largest absolute Gasteiger partial charge is 0.484 e. The van der Waals surface area contributed by atoms with Crippen molar-refractivity contribution in [3.8, 4) is 5.75 Å². The first-order valence-corrected chi connectivity index (χ1v) is 9.85. The number of hydrogen-bond donors (Lipinski definition) is 3. The molecule has 1 heterocycles. The first-order valence-electron chi connectivity index (χ1n) is 9.09. The third-order valence-electron chi connectivity index (χ3n) is 5.32. The van der Waals surface area contributed by atoms with Gasteiger partial charge in [-0.1, -0.05) is 23.2 Å². The Balaban J connectivity index is 1.24. The first kappa shape index (κ1) is 19.9. The van der Waals surface area contributed by atoms with Crippen molar-refractivity contribution in [2.45, 2.75) is 36.9 Å². The molecule has 3 N–H and O–H groups in total. The molecule has 0 atom stereocenters. The molecule has 0 spiro atoms. The van der Waals surface area contributed by atoms with Crippen LogP contribution in [0.15, 0.2) is 36.5 Å². The van der Waals surface area contributed by atoms with Crippen molar-refractivity contribution in [2.24, 2.45) is 0 Å². The summed E-state index contributed by atoms with van der Waals surface area (Å²) in [4.78, 5) is 28.6. The minimum absolute atomic E-state index is 0.125. The topological polar surface area (TPSA) is 101 Å². The molecule has 1 aromatic heterocycles. The molecule has 9 heteroatoms. The molecule has 0 radical (unpaired) electrons. The molecule has 3 fully saturated rings. The maximum atomic E-state index is 12.4. The Morgan fingerprint density at radius 3 is 2.48 bits per heavy atom. The second-order valence-corrected chi connectivity index (χ2v) is 8.47. The van der Waals surface area contributed by atoms with Crippen LogP contribution in [-0.4, -0.2) is 39.6 Å². The predicted molar refractivity (Wildman–Crippen MR) is 107 cm³/mol. The molecular weight excluding hydrogens is 417 g/mol. The van der Waals surface area contributed by atoms with Crippen molar-refractivity contribution in [2.75, 3.05) is 6.61 Å². The van der Waals surface area contributed by atoms with Crippen LogP contribution >= 0.6 is 23.2 Å². The predicted octanol–water partition coefficient (Wildman–Crippen LogP) is 2.48. The van der Waals surface area contributed by atoms with E-state index < -0.39 is 0 Å². The molecule has 2 bridgehead atoms. The van der Waals surface area contributed by atoms with E-state index in [1.54, 1.807) is 30.3 Å². The fourth-order valence-corrected chi connectivity index (χ4v) is 4.41. The SMILES string of the molecule is O=C(COc1ccc(Cl)c(Cl)c1)NC12CC(NC(=O)c3ccnc(CO)c3)(C1)C2. The summed E-state index contributed by atoms with van der Waals surface area (Å²) in [5.41, 5.74) is 0.347. The van der Waals surface area contributed by atoms with E-state index in [-0.39, 0.29) is 36.1 Å². The molecule has 3 saturated carbocycles. The van der Waals surface area contributed by atoms with E-state index in [0.29, 0.717) is 46.3 Å². The molecule has 1 aromatic carbocycles. The zero-order chi connectivity index (χ0) is 20.6. The van der Waals surface area contributed by atoms with Crippen LogP contribution in [-0.2, 0) is 11.4 Å². The van der Waals surface area contributed by atoms with Gasteiger partial charge in [-0.15, -0.1) is 0 Å². The molecule has 3 aliphatic carbocycles. The summed E-state index contributed by atoms with van der Waals surface area (Å²) in [5.74, 6) is 0.0394. The van der Waals surface area contributed by atoms with E-state index in [4.69, 9.17) is 33.0 Å².